The third kappa shape index (κ3) is 3.68. The molecule has 0 spiro atoms. The number of carbonyl (C=O) groups is 1. The minimum absolute atomic E-state index is 0.0811. The number of piperidine rings is 1. The molecule has 2 aliphatic heterocycles. The lowest BCUT2D eigenvalue weighted by Crippen LogP contribution is -2.45. The lowest BCUT2D eigenvalue weighted by Gasteiger charge is -2.37. The van der Waals surface area contributed by atoms with Crippen molar-refractivity contribution >= 4 is 33.0 Å². The van der Waals surface area contributed by atoms with E-state index in [4.69, 9.17) is 4.74 Å². The summed E-state index contributed by atoms with van der Waals surface area (Å²) in [5, 5.41) is 0. The lowest BCUT2D eigenvalue weighted by atomic mass is 9.97. The molecule has 8 heteroatoms. The number of rotatable bonds is 3. The number of sulfonamides is 1. The fourth-order valence-corrected chi connectivity index (χ4v) is 6.01. The molecule has 0 saturated carbocycles. The fraction of sp³-hybridized carbons (Fsp3) is 0.421. The zero-order valence-corrected chi connectivity index (χ0v) is 16.7. The Morgan fingerprint density at radius 1 is 1.19 bits per heavy atom. The van der Waals surface area contributed by atoms with Crippen LogP contribution in [0.25, 0.3) is 0 Å². The Morgan fingerprint density at radius 2 is 2.04 bits per heavy atom. The van der Waals surface area contributed by atoms with Crippen molar-refractivity contribution in [2.24, 2.45) is 0 Å². The molecule has 1 amide bonds. The number of benzene rings is 1. The van der Waals surface area contributed by atoms with Gasteiger partial charge >= 0.3 is 0 Å². The van der Waals surface area contributed by atoms with Crippen LogP contribution in [0.4, 0.5) is 5.69 Å². The van der Waals surface area contributed by atoms with E-state index in [0.29, 0.717) is 23.6 Å². The van der Waals surface area contributed by atoms with Gasteiger partial charge in [-0.3, -0.25) is 9.52 Å². The standard InChI is InChI=1S/C19H22N2O4S2/c1-13-5-8-18(26-13)27(23,24)20-14-6-7-17-16(12-14)19(22)21-10-3-2-4-15(21)9-11-25-17/h5-8,12,15,20H,2-4,9-11H2,1H3. The first-order valence-electron chi connectivity index (χ1n) is 9.11. The Kier molecular flexibility index (Phi) is 4.86. The average Bonchev–Trinajstić information content (AvgIpc) is 3.08. The second-order valence-corrected chi connectivity index (χ2v) is 10.2. The van der Waals surface area contributed by atoms with Crippen molar-refractivity contribution in [1.82, 2.24) is 4.90 Å². The Bertz CT molecular complexity index is 968. The molecule has 27 heavy (non-hydrogen) atoms. The van der Waals surface area contributed by atoms with Crippen molar-refractivity contribution in [2.75, 3.05) is 17.9 Å². The van der Waals surface area contributed by atoms with Crippen LogP contribution < -0.4 is 9.46 Å². The maximum Gasteiger partial charge on any atom is 0.271 e. The van der Waals surface area contributed by atoms with Gasteiger partial charge in [0.2, 0.25) is 0 Å². The van der Waals surface area contributed by atoms with E-state index in [1.165, 1.54) is 11.3 Å². The van der Waals surface area contributed by atoms with Crippen LogP contribution in [0.3, 0.4) is 0 Å². The van der Waals surface area contributed by atoms with Crippen molar-refractivity contribution in [2.45, 2.75) is 42.9 Å². The van der Waals surface area contributed by atoms with Crippen LogP contribution in [0.15, 0.2) is 34.5 Å². The molecule has 4 rings (SSSR count). The zero-order chi connectivity index (χ0) is 19.0. The van der Waals surface area contributed by atoms with Gasteiger partial charge in [-0.2, -0.15) is 0 Å². The summed E-state index contributed by atoms with van der Waals surface area (Å²) in [5.74, 6) is 0.432. The van der Waals surface area contributed by atoms with Gasteiger partial charge in [-0.1, -0.05) is 0 Å². The molecule has 1 aromatic heterocycles. The van der Waals surface area contributed by atoms with Crippen molar-refractivity contribution in [3.05, 3.63) is 40.8 Å². The van der Waals surface area contributed by atoms with Gasteiger partial charge in [-0.25, -0.2) is 8.42 Å². The van der Waals surface area contributed by atoms with E-state index in [1.807, 2.05) is 11.8 Å². The van der Waals surface area contributed by atoms with Gasteiger partial charge in [0, 0.05) is 29.6 Å². The number of hydrogen-bond donors (Lipinski definition) is 1. The molecule has 2 aliphatic rings. The normalized spacial score (nSPS) is 20.1. The molecule has 1 fully saturated rings. The topological polar surface area (TPSA) is 75.7 Å². The number of hydrogen-bond acceptors (Lipinski definition) is 5. The van der Waals surface area contributed by atoms with Crippen LogP contribution in [0.1, 0.15) is 40.9 Å². The highest BCUT2D eigenvalue weighted by atomic mass is 32.2. The third-order valence-electron chi connectivity index (χ3n) is 5.04. The van der Waals surface area contributed by atoms with Crippen LogP contribution in [0.5, 0.6) is 5.75 Å². The van der Waals surface area contributed by atoms with Crippen molar-refractivity contribution in [1.29, 1.82) is 0 Å². The molecule has 2 aromatic rings. The van der Waals surface area contributed by atoms with Gasteiger partial charge in [-0.15, -0.1) is 11.3 Å². The Labute approximate surface area is 163 Å². The second-order valence-electron chi connectivity index (χ2n) is 6.97. The van der Waals surface area contributed by atoms with E-state index in [9.17, 15) is 13.2 Å². The Balaban J connectivity index is 1.65. The molecular weight excluding hydrogens is 384 g/mol. The number of aryl methyl sites for hydroxylation is 1. The van der Waals surface area contributed by atoms with Gasteiger partial charge in [0.25, 0.3) is 15.9 Å². The molecule has 0 aliphatic carbocycles. The van der Waals surface area contributed by atoms with E-state index >= 15 is 0 Å². The molecule has 1 saturated heterocycles. The first-order valence-corrected chi connectivity index (χ1v) is 11.4. The molecule has 1 unspecified atom stereocenters. The van der Waals surface area contributed by atoms with Crippen LogP contribution in [-0.2, 0) is 10.0 Å². The van der Waals surface area contributed by atoms with Gasteiger partial charge in [0.05, 0.1) is 12.2 Å². The average molecular weight is 407 g/mol. The van der Waals surface area contributed by atoms with Crippen molar-refractivity contribution in [3.63, 3.8) is 0 Å². The minimum atomic E-state index is -3.67. The summed E-state index contributed by atoms with van der Waals surface area (Å²) in [5.41, 5.74) is 0.787. The molecule has 6 nitrogen and oxygen atoms in total. The van der Waals surface area contributed by atoms with Crippen LogP contribution >= 0.6 is 11.3 Å². The number of nitrogens with one attached hydrogen (secondary N) is 1. The molecule has 1 atom stereocenters. The smallest absolute Gasteiger partial charge is 0.271 e. The summed E-state index contributed by atoms with van der Waals surface area (Å²) < 4.78 is 33.8. The summed E-state index contributed by atoms with van der Waals surface area (Å²) in [6.45, 7) is 3.16. The van der Waals surface area contributed by atoms with E-state index in [0.717, 1.165) is 37.1 Å². The zero-order valence-electron chi connectivity index (χ0n) is 15.1. The Morgan fingerprint density at radius 3 is 2.81 bits per heavy atom. The molecule has 1 aromatic carbocycles. The summed E-state index contributed by atoms with van der Waals surface area (Å²) in [6, 6.07) is 8.46. The first-order chi connectivity index (χ1) is 12.9. The molecule has 0 bridgehead atoms. The van der Waals surface area contributed by atoms with Crippen LogP contribution in [-0.4, -0.2) is 38.4 Å². The SMILES string of the molecule is Cc1ccc(S(=O)(=O)Nc2ccc3c(c2)C(=O)N2CCCCC2CCO3)s1. The third-order valence-corrected chi connectivity index (χ3v) is 7.91. The van der Waals surface area contributed by atoms with Crippen LogP contribution in [0.2, 0.25) is 0 Å². The van der Waals surface area contributed by atoms with Crippen molar-refractivity contribution in [3.8, 4) is 5.75 Å². The minimum Gasteiger partial charge on any atom is -0.493 e. The summed E-state index contributed by atoms with van der Waals surface area (Å²) >= 11 is 1.21. The fourth-order valence-electron chi connectivity index (χ4n) is 3.68. The lowest BCUT2D eigenvalue weighted by molar-refractivity contribution is 0.0548. The monoisotopic (exact) mass is 406 g/mol. The number of fused-ring (bicyclic) bond motifs is 2. The predicted octanol–water partition coefficient (Wildman–Crippen LogP) is 3.63. The molecule has 0 radical (unpaired) electrons. The van der Waals surface area contributed by atoms with Crippen molar-refractivity contribution < 1.29 is 17.9 Å². The highest BCUT2D eigenvalue weighted by Crippen LogP contribution is 2.32. The molecule has 1 N–H and O–H groups in total. The summed E-state index contributed by atoms with van der Waals surface area (Å²) in [7, 11) is -3.67. The number of nitrogens with zero attached hydrogens (tertiary/aromatic N) is 1. The summed E-state index contributed by atoms with van der Waals surface area (Å²) in [6.07, 6.45) is 3.95. The number of amides is 1. The quantitative estimate of drug-likeness (QED) is 0.844. The van der Waals surface area contributed by atoms with E-state index in [-0.39, 0.29) is 16.2 Å². The largest absolute Gasteiger partial charge is 0.493 e. The van der Waals surface area contributed by atoms with E-state index in [2.05, 4.69) is 4.72 Å². The highest BCUT2D eigenvalue weighted by Gasteiger charge is 2.31. The van der Waals surface area contributed by atoms with Gasteiger partial charge in [-0.05, 0) is 56.5 Å². The van der Waals surface area contributed by atoms with E-state index in [1.54, 1.807) is 30.3 Å². The summed E-state index contributed by atoms with van der Waals surface area (Å²) in [4.78, 5) is 15.9. The second kappa shape index (κ2) is 7.16. The predicted molar refractivity (Wildman–Crippen MR) is 105 cm³/mol. The molecule has 3 heterocycles. The first kappa shape index (κ1) is 18.3. The van der Waals surface area contributed by atoms with Crippen LogP contribution in [0, 0.1) is 6.92 Å². The highest BCUT2D eigenvalue weighted by molar-refractivity contribution is 7.94. The molecular formula is C19H22N2O4S2. The number of carbonyl (C=O) groups excluding carboxylic acids is 1. The van der Waals surface area contributed by atoms with E-state index < -0.39 is 10.0 Å². The van der Waals surface area contributed by atoms with Gasteiger partial charge in [0.15, 0.2) is 0 Å². The maximum absolute atomic E-state index is 13.1. The number of thiophene rings is 1. The number of ether oxygens (including phenoxy) is 1. The maximum atomic E-state index is 13.1. The molecule has 144 valence electrons. The Hall–Kier alpha value is -2.06. The number of anilines is 1. The van der Waals surface area contributed by atoms with Gasteiger partial charge < -0.3 is 9.64 Å². The van der Waals surface area contributed by atoms with Gasteiger partial charge in [0.1, 0.15) is 9.96 Å².